The van der Waals surface area contributed by atoms with Crippen LogP contribution in [0.5, 0.6) is 0 Å². The second-order valence-corrected chi connectivity index (χ2v) is 4.31. The quantitative estimate of drug-likeness (QED) is 0.750. The maximum atomic E-state index is 11.6. The summed E-state index contributed by atoms with van der Waals surface area (Å²) in [5, 5.41) is 0. The first-order valence-electron chi connectivity index (χ1n) is 6.16. The molecule has 0 saturated carbocycles. The lowest BCUT2D eigenvalue weighted by Gasteiger charge is -2.22. The molecule has 1 saturated heterocycles. The van der Waals surface area contributed by atoms with Gasteiger partial charge in [0.2, 0.25) is 0 Å². The number of esters is 1. The van der Waals surface area contributed by atoms with Gasteiger partial charge in [0.25, 0.3) is 0 Å². The summed E-state index contributed by atoms with van der Waals surface area (Å²) in [6, 6.07) is 9.99. The van der Waals surface area contributed by atoms with Crippen molar-refractivity contribution in [3.63, 3.8) is 0 Å². The fraction of sp³-hybridized carbons (Fsp3) is 0.500. The Kier molecular flexibility index (Phi) is 4.56. The molecule has 0 aliphatic carbocycles. The van der Waals surface area contributed by atoms with Crippen LogP contribution in [0.2, 0.25) is 0 Å². The van der Waals surface area contributed by atoms with Crippen LogP contribution < -0.4 is 0 Å². The Balaban J connectivity index is 1.70. The lowest BCUT2D eigenvalue weighted by Crippen LogP contribution is -2.28. The van der Waals surface area contributed by atoms with Gasteiger partial charge >= 0.3 is 5.97 Å². The third kappa shape index (κ3) is 4.19. The predicted octanol–water partition coefficient (Wildman–Crippen LogP) is 2.34. The molecular weight excluding hydrogens is 216 g/mol. The molecule has 1 heterocycles. The number of carbonyl (C=O) groups excluding carboxylic acids is 1. The molecule has 0 radical (unpaired) electrons. The predicted molar refractivity (Wildman–Crippen MR) is 64.7 cm³/mol. The molecule has 2 rings (SSSR count). The number of benzene rings is 1. The lowest BCUT2D eigenvalue weighted by molar-refractivity contribution is -0.155. The number of carbonyl (C=O) groups is 1. The van der Waals surface area contributed by atoms with Gasteiger partial charge in [0.15, 0.2) is 0 Å². The Labute approximate surface area is 102 Å². The van der Waals surface area contributed by atoms with Crippen molar-refractivity contribution in [2.45, 2.75) is 31.8 Å². The highest BCUT2D eigenvalue weighted by molar-refractivity contribution is 5.69. The summed E-state index contributed by atoms with van der Waals surface area (Å²) in [6.07, 6.45) is 3.06. The van der Waals surface area contributed by atoms with E-state index in [1.54, 1.807) is 0 Å². The van der Waals surface area contributed by atoms with Gasteiger partial charge in [-0.25, -0.2) is 0 Å². The van der Waals surface area contributed by atoms with Gasteiger partial charge in [0.05, 0.1) is 6.61 Å². The van der Waals surface area contributed by atoms with E-state index in [0.717, 1.165) is 25.9 Å². The summed E-state index contributed by atoms with van der Waals surface area (Å²) >= 11 is 0. The molecule has 0 bridgehead atoms. The van der Waals surface area contributed by atoms with Crippen molar-refractivity contribution in [3.05, 3.63) is 35.9 Å². The van der Waals surface area contributed by atoms with Gasteiger partial charge in [0.1, 0.15) is 6.10 Å². The van der Waals surface area contributed by atoms with Crippen molar-refractivity contribution in [2.24, 2.45) is 0 Å². The lowest BCUT2D eigenvalue weighted by atomic mass is 10.1. The summed E-state index contributed by atoms with van der Waals surface area (Å²) in [5.74, 6) is -0.121. The molecule has 1 fully saturated rings. The summed E-state index contributed by atoms with van der Waals surface area (Å²) in [5.41, 5.74) is 1.17. The van der Waals surface area contributed by atoms with E-state index in [4.69, 9.17) is 9.47 Å². The minimum Gasteiger partial charge on any atom is -0.460 e. The van der Waals surface area contributed by atoms with Crippen molar-refractivity contribution in [2.75, 3.05) is 13.2 Å². The van der Waals surface area contributed by atoms with E-state index >= 15 is 0 Å². The Bertz CT molecular complexity index is 342. The zero-order valence-corrected chi connectivity index (χ0v) is 9.93. The molecule has 92 valence electrons. The average molecular weight is 234 g/mol. The maximum absolute atomic E-state index is 11.6. The van der Waals surface area contributed by atoms with E-state index in [1.165, 1.54) is 5.56 Å². The SMILES string of the molecule is O=C(CCc1ccccc1)OC1CCCOC1. The van der Waals surface area contributed by atoms with Crippen LogP contribution in [0.1, 0.15) is 24.8 Å². The molecule has 1 aromatic carbocycles. The number of rotatable bonds is 4. The Morgan fingerprint density at radius 2 is 2.18 bits per heavy atom. The Morgan fingerprint density at radius 1 is 1.35 bits per heavy atom. The van der Waals surface area contributed by atoms with Crippen LogP contribution in [0.25, 0.3) is 0 Å². The molecule has 1 aromatic rings. The second kappa shape index (κ2) is 6.40. The molecule has 1 aliphatic rings. The molecule has 0 spiro atoms. The van der Waals surface area contributed by atoms with Crippen molar-refractivity contribution < 1.29 is 14.3 Å². The van der Waals surface area contributed by atoms with Gasteiger partial charge in [0, 0.05) is 13.0 Å². The van der Waals surface area contributed by atoms with Gasteiger partial charge in [-0.1, -0.05) is 30.3 Å². The van der Waals surface area contributed by atoms with Crippen LogP contribution in [-0.4, -0.2) is 25.3 Å². The highest BCUT2D eigenvalue weighted by Crippen LogP contribution is 2.11. The number of hydrogen-bond acceptors (Lipinski definition) is 3. The minimum atomic E-state index is -0.121. The summed E-state index contributed by atoms with van der Waals surface area (Å²) < 4.78 is 10.6. The van der Waals surface area contributed by atoms with Gasteiger partial charge in [-0.15, -0.1) is 0 Å². The molecule has 0 aromatic heterocycles. The molecule has 1 unspecified atom stereocenters. The van der Waals surface area contributed by atoms with E-state index in [2.05, 4.69) is 0 Å². The van der Waals surface area contributed by atoms with E-state index in [0.29, 0.717) is 13.0 Å². The normalized spacial score (nSPS) is 19.9. The third-order valence-electron chi connectivity index (χ3n) is 2.88. The molecule has 1 aliphatic heterocycles. The average Bonchev–Trinajstić information content (AvgIpc) is 2.39. The molecule has 0 N–H and O–H groups in total. The first kappa shape index (κ1) is 12.1. The van der Waals surface area contributed by atoms with Gasteiger partial charge < -0.3 is 9.47 Å². The van der Waals surface area contributed by atoms with E-state index in [1.807, 2.05) is 30.3 Å². The molecule has 17 heavy (non-hydrogen) atoms. The number of ether oxygens (including phenoxy) is 2. The van der Waals surface area contributed by atoms with Crippen LogP contribution in [0, 0.1) is 0 Å². The molecule has 0 amide bonds. The van der Waals surface area contributed by atoms with Gasteiger partial charge in [-0.2, -0.15) is 0 Å². The number of hydrogen-bond donors (Lipinski definition) is 0. The first-order chi connectivity index (χ1) is 8.34. The highest BCUT2D eigenvalue weighted by atomic mass is 16.6. The van der Waals surface area contributed by atoms with E-state index in [9.17, 15) is 4.79 Å². The number of aryl methyl sites for hydroxylation is 1. The maximum Gasteiger partial charge on any atom is 0.306 e. The summed E-state index contributed by atoms with van der Waals surface area (Å²) in [7, 11) is 0. The zero-order chi connectivity index (χ0) is 11.9. The third-order valence-corrected chi connectivity index (χ3v) is 2.88. The first-order valence-corrected chi connectivity index (χ1v) is 6.16. The van der Waals surface area contributed by atoms with E-state index < -0.39 is 0 Å². The van der Waals surface area contributed by atoms with Crippen LogP contribution in [0.4, 0.5) is 0 Å². The van der Waals surface area contributed by atoms with Crippen LogP contribution in [-0.2, 0) is 20.7 Å². The molecule has 3 nitrogen and oxygen atoms in total. The van der Waals surface area contributed by atoms with Crippen molar-refractivity contribution in [1.29, 1.82) is 0 Å². The summed E-state index contributed by atoms with van der Waals surface area (Å²) in [4.78, 5) is 11.6. The largest absolute Gasteiger partial charge is 0.460 e. The van der Waals surface area contributed by atoms with Gasteiger partial charge in [-0.3, -0.25) is 4.79 Å². The van der Waals surface area contributed by atoms with Crippen LogP contribution >= 0.6 is 0 Å². The smallest absolute Gasteiger partial charge is 0.306 e. The van der Waals surface area contributed by atoms with Crippen molar-refractivity contribution in [1.82, 2.24) is 0 Å². The second-order valence-electron chi connectivity index (χ2n) is 4.31. The minimum absolute atomic E-state index is 0.0352. The fourth-order valence-corrected chi connectivity index (χ4v) is 1.94. The van der Waals surface area contributed by atoms with Crippen molar-refractivity contribution in [3.8, 4) is 0 Å². The Morgan fingerprint density at radius 3 is 2.88 bits per heavy atom. The fourth-order valence-electron chi connectivity index (χ4n) is 1.94. The molecule has 3 heteroatoms. The van der Waals surface area contributed by atoms with Crippen molar-refractivity contribution >= 4 is 5.97 Å². The monoisotopic (exact) mass is 234 g/mol. The van der Waals surface area contributed by atoms with Crippen LogP contribution in [0.15, 0.2) is 30.3 Å². The van der Waals surface area contributed by atoms with Crippen LogP contribution in [0.3, 0.4) is 0 Å². The van der Waals surface area contributed by atoms with E-state index in [-0.39, 0.29) is 12.1 Å². The topological polar surface area (TPSA) is 35.5 Å². The van der Waals surface area contributed by atoms with Gasteiger partial charge in [-0.05, 0) is 24.8 Å². The zero-order valence-electron chi connectivity index (χ0n) is 9.93. The summed E-state index contributed by atoms with van der Waals surface area (Å²) in [6.45, 7) is 1.34. The Hall–Kier alpha value is -1.35. The highest BCUT2D eigenvalue weighted by Gasteiger charge is 2.17. The molecular formula is C14H18O3. The molecule has 1 atom stereocenters. The standard InChI is InChI=1S/C14H18O3/c15-14(17-13-7-4-10-16-11-13)9-8-12-5-2-1-3-6-12/h1-3,5-6,13H,4,7-11H2.